The minimum absolute atomic E-state index is 0.317. The standard InChI is InChI=1S/C15H15ClF3NO/c1-2-7-20-9-11-4-6-14(21-11)10-3-5-13(16)12(8-10)15(17,18)19/h3-6,8,20H,2,7,9H2,1H3. The second kappa shape index (κ2) is 6.54. The summed E-state index contributed by atoms with van der Waals surface area (Å²) >= 11 is 5.60. The van der Waals surface area contributed by atoms with E-state index in [1.54, 1.807) is 12.1 Å². The molecule has 0 saturated carbocycles. The molecule has 0 fully saturated rings. The van der Waals surface area contributed by atoms with Crippen LogP contribution in [0, 0.1) is 0 Å². The zero-order chi connectivity index (χ0) is 15.5. The number of nitrogens with one attached hydrogen (secondary N) is 1. The van der Waals surface area contributed by atoms with Crippen molar-refractivity contribution in [2.45, 2.75) is 26.1 Å². The van der Waals surface area contributed by atoms with Gasteiger partial charge in [0.25, 0.3) is 0 Å². The van der Waals surface area contributed by atoms with Crippen molar-refractivity contribution in [1.82, 2.24) is 5.32 Å². The normalized spacial score (nSPS) is 11.9. The van der Waals surface area contributed by atoms with E-state index in [1.165, 1.54) is 12.1 Å². The summed E-state index contributed by atoms with van der Waals surface area (Å²) in [5.41, 5.74) is -0.503. The molecule has 1 N–H and O–H groups in total. The third kappa shape index (κ3) is 4.02. The quantitative estimate of drug-likeness (QED) is 0.774. The molecule has 114 valence electrons. The van der Waals surface area contributed by atoms with Crippen LogP contribution in [-0.4, -0.2) is 6.54 Å². The van der Waals surface area contributed by atoms with E-state index in [1.807, 2.05) is 6.92 Å². The predicted molar refractivity (Wildman–Crippen MR) is 76.2 cm³/mol. The van der Waals surface area contributed by atoms with Crippen LogP contribution >= 0.6 is 11.6 Å². The number of halogens is 4. The van der Waals surface area contributed by atoms with Crippen molar-refractivity contribution in [3.8, 4) is 11.3 Å². The molecule has 0 aliphatic heterocycles. The summed E-state index contributed by atoms with van der Waals surface area (Å²) in [6.07, 6.45) is -3.48. The number of alkyl halides is 3. The lowest BCUT2D eigenvalue weighted by molar-refractivity contribution is -0.137. The van der Waals surface area contributed by atoms with E-state index in [4.69, 9.17) is 16.0 Å². The zero-order valence-corrected chi connectivity index (χ0v) is 12.2. The average molecular weight is 318 g/mol. The van der Waals surface area contributed by atoms with Crippen molar-refractivity contribution in [3.63, 3.8) is 0 Å². The third-order valence-electron chi connectivity index (χ3n) is 2.94. The van der Waals surface area contributed by atoms with Crippen LogP contribution in [0.3, 0.4) is 0 Å². The van der Waals surface area contributed by atoms with Crippen LogP contribution < -0.4 is 5.32 Å². The van der Waals surface area contributed by atoms with Gasteiger partial charge in [0.05, 0.1) is 17.1 Å². The largest absolute Gasteiger partial charge is 0.460 e. The summed E-state index contributed by atoms with van der Waals surface area (Å²) in [5, 5.41) is 2.85. The third-order valence-corrected chi connectivity index (χ3v) is 3.27. The van der Waals surface area contributed by atoms with Gasteiger partial charge in [0.15, 0.2) is 0 Å². The van der Waals surface area contributed by atoms with Crippen LogP contribution in [0.15, 0.2) is 34.7 Å². The first-order chi connectivity index (χ1) is 9.91. The first-order valence-corrected chi connectivity index (χ1v) is 6.96. The number of furan rings is 1. The maximum atomic E-state index is 12.8. The molecule has 0 aliphatic carbocycles. The molecule has 0 radical (unpaired) electrons. The Morgan fingerprint density at radius 3 is 2.62 bits per heavy atom. The summed E-state index contributed by atoms with van der Waals surface area (Å²) in [6.45, 7) is 3.45. The predicted octanol–water partition coefficient (Wildman–Crippen LogP) is 5.12. The highest BCUT2D eigenvalue weighted by atomic mass is 35.5. The highest BCUT2D eigenvalue weighted by Gasteiger charge is 2.33. The van der Waals surface area contributed by atoms with E-state index < -0.39 is 11.7 Å². The lowest BCUT2D eigenvalue weighted by atomic mass is 10.1. The summed E-state index contributed by atoms with van der Waals surface area (Å²) in [4.78, 5) is 0. The molecule has 0 unspecified atom stereocenters. The molecule has 1 aromatic heterocycles. The fraction of sp³-hybridized carbons (Fsp3) is 0.333. The fourth-order valence-electron chi connectivity index (χ4n) is 1.91. The summed E-state index contributed by atoms with van der Waals surface area (Å²) in [5.74, 6) is 1.08. The Bertz CT molecular complexity index is 607. The molecule has 0 bridgehead atoms. The summed E-state index contributed by atoms with van der Waals surface area (Å²) in [6, 6.07) is 7.16. The topological polar surface area (TPSA) is 25.2 Å². The van der Waals surface area contributed by atoms with Gasteiger partial charge in [-0.05, 0) is 43.3 Å². The van der Waals surface area contributed by atoms with Crippen molar-refractivity contribution in [2.24, 2.45) is 0 Å². The van der Waals surface area contributed by atoms with Crippen molar-refractivity contribution >= 4 is 11.6 Å². The Labute approximate surface area is 125 Å². The number of hydrogen-bond acceptors (Lipinski definition) is 2. The second-order valence-electron chi connectivity index (χ2n) is 4.64. The van der Waals surface area contributed by atoms with E-state index in [0.29, 0.717) is 23.6 Å². The van der Waals surface area contributed by atoms with Crippen LogP contribution in [-0.2, 0) is 12.7 Å². The van der Waals surface area contributed by atoms with Crippen LogP contribution in [0.1, 0.15) is 24.7 Å². The average Bonchev–Trinajstić information content (AvgIpc) is 2.87. The van der Waals surface area contributed by atoms with Crippen LogP contribution in [0.4, 0.5) is 13.2 Å². The molecule has 0 spiro atoms. The SMILES string of the molecule is CCCNCc1ccc(-c2ccc(Cl)c(C(F)(F)F)c2)o1. The first kappa shape index (κ1) is 15.9. The number of benzene rings is 1. The van der Waals surface area contributed by atoms with Crippen LogP contribution in [0.2, 0.25) is 5.02 Å². The van der Waals surface area contributed by atoms with Gasteiger partial charge in [-0.2, -0.15) is 13.2 Å². The lowest BCUT2D eigenvalue weighted by Gasteiger charge is -2.10. The van der Waals surface area contributed by atoms with E-state index in [9.17, 15) is 13.2 Å². The van der Waals surface area contributed by atoms with E-state index in [-0.39, 0.29) is 5.02 Å². The van der Waals surface area contributed by atoms with Gasteiger partial charge in [-0.15, -0.1) is 0 Å². The van der Waals surface area contributed by atoms with E-state index in [0.717, 1.165) is 19.0 Å². The monoisotopic (exact) mass is 317 g/mol. The van der Waals surface area contributed by atoms with Gasteiger partial charge >= 0.3 is 6.18 Å². The van der Waals surface area contributed by atoms with Crippen LogP contribution in [0.25, 0.3) is 11.3 Å². The Balaban J connectivity index is 2.22. The Kier molecular flexibility index (Phi) is 4.96. The van der Waals surface area contributed by atoms with Gasteiger partial charge in [-0.25, -0.2) is 0 Å². The van der Waals surface area contributed by atoms with Gasteiger partial charge in [0, 0.05) is 5.56 Å². The molecule has 1 heterocycles. The van der Waals surface area contributed by atoms with Crippen molar-refractivity contribution in [2.75, 3.05) is 6.54 Å². The first-order valence-electron chi connectivity index (χ1n) is 6.58. The van der Waals surface area contributed by atoms with Gasteiger partial charge < -0.3 is 9.73 Å². The van der Waals surface area contributed by atoms with Gasteiger partial charge in [-0.1, -0.05) is 18.5 Å². The molecule has 6 heteroatoms. The second-order valence-corrected chi connectivity index (χ2v) is 5.04. The Morgan fingerprint density at radius 1 is 1.19 bits per heavy atom. The maximum absolute atomic E-state index is 12.8. The van der Waals surface area contributed by atoms with E-state index in [2.05, 4.69) is 5.32 Å². The number of hydrogen-bond donors (Lipinski definition) is 1. The molecule has 0 atom stereocenters. The molecular formula is C15H15ClF3NO. The summed E-state index contributed by atoms with van der Waals surface area (Å²) in [7, 11) is 0. The summed E-state index contributed by atoms with van der Waals surface area (Å²) < 4.78 is 44.0. The minimum atomic E-state index is -4.48. The number of rotatable bonds is 5. The molecule has 2 rings (SSSR count). The van der Waals surface area contributed by atoms with Crippen molar-refractivity contribution in [3.05, 3.63) is 46.7 Å². The highest BCUT2D eigenvalue weighted by molar-refractivity contribution is 6.31. The fourth-order valence-corrected chi connectivity index (χ4v) is 2.14. The molecule has 1 aromatic carbocycles. The maximum Gasteiger partial charge on any atom is 0.417 e. The molecule has 0 saturated heterocycles. The molecule has 0 aliphatic rings. The van der Waals surface area contributed by atoms with Crippen molar-refractivity contribution < 1.29 is 17.6 Å². The lowest BCUT2D eigenvalue weighted by Crippen LogP contribution is -2.12. The minimum Gasteiger partial charge on any atom is -0.460 e. The van der Waals surface area contributed by atoms with E-state index >= 15 is 0 Å². The van der Waals surface area contributed by atoms with Gasteiger partial charge in [0.2, 0.25) is 0 Å². The van der Waals surface area contributed by atoms with Gasteiger partial charge in [0.1, 0.15) is 11.5 Å². The Hall–Kier alpha value is -1.46. The molecule has 2 nitrogen and oxygen atoms in total. The van der Waals surface area contributed by atoms with Crippen LogP contribution in [0.5, 0.6) is 0 Å². The molecular weight excluding hydrogens is 303 g/mol. The van der Waals surface area contributed by atoms with Crippen molar-refractivity contribution in [1.29, 1.82) is 0 Å². The Morgan fingerprint density at radius 2 is 1.95 bits per heavy atom. The molecule has 2 aromatic rings. The highest BCUT2D eigenvalue weighted by Crippen LogP contribution is 2.37. The smallest absolute Gasteiger partial charge is 0.417 e. The zero-order valence-electron chi connectivity index (χ0n) is 11.4. The molecule has 0 amide bonds. The van der Waals surface area contributed by atoms with Gasteiger partial charge in [-0.3, -0.25) is 0 Å². The molecule has 21 heavy (non-hydrogen) atoms.